The molecule has 0 radical (unpaired) electrons. The van der Waals surface area contributed by atoms with E-state index in [0.29, 0.717) is 0 Å². The summed E-state index contributed by atoms with van der Waals surface area (Å²) in [5.74, 6) is 0.786. The van der Waals surface area contributed by atoms with Crippen LogP contribution in [-0.4, -0.2) is 15.8 Å². The SMILES string of the molecule is c1ccc2c(C(=Nc3ccncc3)Nc3ccncc3)cccc2c1. The van der Waals surface area contributed by atoms with Gasteiger partial charge in [-0.2, -0.15) is 0 Å². The number of anilines is 1. The van der Waals surface area contributed by atoms with Crippen molar-refractivity contribution in [3.8, 4) is 0 Å². The smallest absolute Gasteiger partial charge is 0.138 e. The Hall–Kier alpha value is -3.53. The topological polar surface area (TPSA) is 50.2 Å². The molecule has 0 saturated carbocycles. The van der Waals surface area contributed by atoms with Crippen LogP contribution in [0.3, 0.4) is 0 Å². The largest absolute Gasteiger partial charge is 0.340 e. The number of nitrogens with zero attached hydrogens (tertiary/aromatic N) is 3. The van der Waals surface area contributed by atoms with E-state index in [-0.39, 0.29) is 0 Å². The van der Waals surface area contributed by atoms with Crippen LogP contribution in [0.4, 0.5) is 11.4 Å². The molecule has 0 unspecified atom stereocenters. The third kappa shape index (κ3) is 3.38. The fourth-order valence-electron chi connectivity index (χ4n) is 2.71. The number of pyridine rings is 2. The van der Waals surface area contributed by atoms with Crippen LogP contribution in [0.15, 0.2) is 96.5 Å². The number of hydrogen-bond donors (Lipinski definition) is 1. The van der Waals surface area contributed by atoms with Gasteiger partial charge in [0.15, 0.2) is 0 Å². The first-order valence-electron chi connectivity index (χ1n) is 8.04. The van der Waals surface area contributed by atoms with Gasteiger partial charge in [0.05, 0.1) is 5.69 Å². The van der Waals surface area contributed by atoms with E-state index < -0.39 is 0 Å². The minimum absolute atomic E-state index is 0.786. The predicted octanol–water partition coefficient (Wildman–Crippen LogP) is 4.82. The highest BCUT2D eigenvalue weighted by Gasteiger charge is 2.09. The van der Waals surface area contributed by atoms with Crippen molar-refractivity contribution in [2.24, 2.45) is 4.99 Å². The van der Waals surface area contributed by atoms with Gasteiger partial charge in [0.25, 0.3) is 0 Å². The molecule has 4 heteroatoms. The maximum Gasteiger partial charge on any atom is 0.138 e. The molecule has 0 fully saturated rings. The van der Waals surface area contributed by atoms with Crippen molar-refractivity contribution in [2.45, 2.75) is 0 Å². The number of aromatic nitrogens is 2. The van der Waals surface area contributed by atoms with E-state index in [2.05, 4.69) is 39.6 Å². The summed E-state index contributed by atoms with van der Waals surface area (Å²) >= 11 is 0. The second kappa shape index (κ2) is 6.93. The fraction of sp³-hybridized carbons (Fsp3) is 0. The summed E-state index contributed by atoms with van der Waals surface area (Å²) < 4.78 is 0. The van der Waals surface area contributed by atoms with Gasteiger partial charge in [-0.15, -0.1) is 0 Å². The summed E-state index contributed by atoms with van der Waals surface area (Å²) in [6, 6.07) is 22.2. The number of amidine groups is 1. The molecule has 4 nitrogen and oxygen atoms in total. The lowest BCUT2D eigenvalue weighted by Crippen LogP contribution is -2.14. The summed E-state index contributed by atoms with van der Waals surface area (Å²) in [7, 11) is 0. The van der Waals surface area contributed by atoms with Crippen LogP contribution in [0, 0.1) is 0 Å². The number of hydrogen-bond acceptors (Lipinski definition) is 3. The zero-order valence-corrected chi connectivity index (χ0v) is 13.5. The molecule has 0 aliphatic heterocycles. The zero-order valence-electron chi connectivity index (χ0n) is 13.5. The standard InChI is InChI=1S/C21H16N4/c1-2-6-19-16(4-1)5-3-7-20(19)21(24-17-8-12-22-13-9-17)25-18-10-14-23-15-11-18/h1-15H,(H,22,23,24,25). The highest BCUT2D eigenvalue weighted by atomic mass is 15.0. The molecule has 0 amide bonds. The zero-order chi connectivity index (χ0) is 16.9. The first kappa shape index (κ1) is 15.0. The third-order valence-corrected chi connectivity index (χ3v) is 3.89. The molecule has 4 aromatic rings. The van der Waals surface area contributed by atoms with Gasteiger partial charge in [-0.3, -0.25) is 9.97 Å². The fourth-order valence-corrected chi connectivity index (χ4v) is 2.71. The molecule has 0 aliphatic carbocycles. The van der Waals surface area contributed by atoms with Gasteiger partial charge in [0.2, 0.25) is 0 Å². The third-order valence-electron chi connectivity index (χ3n) is 3.89. The number of fused-ring (bicyclic) bond motifs is 1. The molecule has 0 saturated heterocycles. The Labute approximate surface area is 145 Å². The average Bonchev–Trinajstić information content (AvgIpc) is 2.69. The Kier molecular flexibility index (Phi) is 4.16. The highest BCUT2D eigenvalue weighted by Crippen LogP contribution is 2.22. The van der Waals surface area contributed by atoms with Crippen molar-refractivity contribution < 1.29 is 0 Å². The molecule has 0 atom stereocenters. The first-order valence-corrected chi connectivity index (χ1v) is 8.04. The van der Waals surface area contributed by atoms with E-state index in [1.54, 1.807) is 24.8 Å². The quantitative estimate of drug-likeness (QED) is 0.434. The molecule has 0 bridgehead atoms. The van der Waals surface area contributed by atoms with Crippen molar-refractivity contribution in [1.29, 1.82) is 0 Å². The van der Waals surface area contributed by atoms with E-state index in [1.807, 2.05) is 42.5 Å². The van der Waals surface area contributed by atoms with Gasteiger partial charge in [-0.05, 0) is 35.0 Å². The molecule has 120 valence electrons. The van der Waals surface area contributed by atoms with Gasteiger partial charge >= 0.3 is 0 Å². The Bertz CT molecular complexity index is 1010. The Morgan fingerprint density at radius 1 is 0.720 bits per heavy atom. The van der Waals surface area contributed by atoms with Crippen LogP contribution >= 0.6 is 0 Å². The van der Waals surface area contributed by atoms with Crippen molar-refractivity contribution in [2.75, 3.05) is 5.32 Å². The number of aliphatic imine (C=N–C) groups is 1. The van der Waals surface area contributed by atoms with E-state index in [9.17, 15) is 0 Å². The summed E-state index contributed by atoms with van der Waals surface area (Å²) in [6.45, 7) is 0. The molecule has 2 aromatic heterocycles. The summed E-state index contributed by atoms with van der Waals surface area (Å²) in [6.07, 6.45) is 7.00. The molecular weight excluding hydrogens is 308 g/mol. The van der Waals surface area contributed by atoms with E-state index in [0.717, 1.165) is 28.2 Å². The highest BCUT2D eigenvalue weighted by molar-refractivity contribution is 6.16. The number of benzene rings is 2. The van der Waals surface area contributed by atoms with Gasteiger partial charge in [-0.1, -0.05) is 42.5 Å². The van der Waals surface area contributed by atoms with Gasteiger partial charge in [0, 0.05) is 36.0 Å². The molecular formula is C21H16N4. The van der Waals surface area contributed by atoms with E-state index >= 15 is 0 Å². The second-order valence-corrected chi connectivity index (χ2v) is 5.55. The molecule has 0 aliphatic rings. The van der Waals surface area contributed by atoms with Gasteiger partial charge in [-0.25, -0.2) is 4.99 Å². The Balaban J connectivity index is 1.86. The number of rotatable bonds is 3. The van der Waals surface area contributed by atoms with Crippen LogP contribution in [0.5, 0.6) is 0 Å². The maximum atomic E-state index is 4.82. The molecule has 4 rings (SSSR count). The van der Waals surface area contributed by atoms with Crippen LogP contribution in [0.1, 0.15) is 5.56 Å². The van der Waals surface area contributed by atoms with E-state index in [4.69, 9.17) is 4.99 Å². The van der Waals surface area contributed by atoms with E-state index in [1.165, 1.54) is 5.39 Å². The van der Waals surface area contributed by atoms with Crippen molar-refractivity contribution in [3.63, 3.8) is 0 Å². The minimum Gasteiger partial charge on any atom is -0.340 e. The molecule has 0 spiro atoms. The van der Waals surface area contributed by atoms with Gasteiger partial charge < -0.3 is 5.32 Å². The minimum atomic E-state index is 0.786. The van der Waals surface area contributed by atoms with Crippen LogP contribution in [0.2, 0.25) is 0 Å². The lowest BCUT2D eigenvalue weighted by molar-refractivity contribution is 1.31. The normalized spacial score (nSPS) is 11.4. The van der Waals surface area contributed by atoms with Crippen molar-refractivity contribution >= 4 is 28.0 Å². The van der Waals surface area contributed by atoms with Crippen LogP contribution in [0.25, 0.3) is 10.8 Å². The van der Waals surface area contributed by atoms with Crippen LogP contribution in [-0.2, 0) is 0 Å². The first-order chi connectivity index (χ1) is 12.4. The van der Waals surface area contributed by atoms with Crippen LogP contribution < -0.4 is 5.32 Å². The average molecular weight is 324 g/mol. The summed E-state index contributed by atoms with van der Waals surface area (Å²) in [5.41, 5.74) is 2.84. The maximum absolute atomic E-state index is 4.82. The lowest BCUT2D eigenvalue weighted by atomic mass is 10.0. The predicted molar refractivity (Wildman–Crippen MR) is 102 cm³/mol. The monoisotopic (exact) mass is 324 g/mol. The summed E-state index contributed by atoms with van der Waals surface area (Å²) in [4.78, 5) is 13.0. The lowest BCUT2D eigenvalue weighted by Gasteiger charge is -2.13. The molecule has 2 aromatic carbocycles. The molecule has 25 heavy (non-hydrogen) atoms. The van der Waals surface area contributed by atoms with Crippen molar-refractivity contribution in [3.05, 3.63) is 97.1 Å². The number of nitrogens with one attached hydrogen (secondary N) is 1. The Morgan fingerprint density at radius 3 is 2.20 bits per heavy atom. The van der Waals surface area contributed by atoms with Crippen molar-refractivity contribution in [1.82, 2.24) is 9.97 Å². The molecule has 1 N–H and O–H groups in total. The van der Waals surface area contributed by atoms with Gasteiger partial charge in [0.1, 0.15) is 5.84 Å². The Morgan fingerprint density at radius 2 is 1.40 bits per heavy atom. The summed E-state index contributed by atoms with van der Waals surface area (Å²) in [5, 5.41) is 5.76. The molecule has 2 heterocycles. The second-order valence-electron chi connectivity index (χ2n) is 5.55.